The highest BCUT2D eigenvalue weighted by molar-refractivity contribution is 7.72. The zero-order valence-electron chi connectivity index (χ0n) is 14.5. The third-order valence-corrected chi connectivity index (χ3v) is 5.77. The van der Waals surface area contributed by atoms with Crippen molar-refractivity contribution in [3.05, 3.63) is 107 Å². The summed E-state index contributed by atoms with van der Waals surface area (Å²) in [4.78, 5) is 12.9. The van der Waals surface area contributed by atoms with Gasteiger partial charge in [-0.25, -0.2) is 0 Å². The first kappa shape index (κ1) is 19.5. The van der Waals surface area contributed by atoms with Crippen molar-refractivity contribution in [3.63, 3.8) is 0 Å². The van der Waals surface area contributed by atoms with Gasteiger partial charge < -0.3 is 0 Å². The van der Waals surface area contributed by atoms with Gasteiger partial charge in [-0.15, -0.1) is 0 Å². The van der Waals surface area contributed by atoms with Crippen molar-refractivity contribution in [1.82, 2.24) is 0 Å². The molecule has 0 aromatic heterocycles. The molecule has 0 amide bonds. The molecule has 0 fully saturated rings. The van der Waals surface area contributed by atoms with Crippen LogP contribution in [0.15, 0.2) is 84.9 Å². The predicted molar refractivity (Wildman–Crippen MR) is 106 cm³/mol. The summed E-state index contributed by atoms with van der Waals surface area (Å²) in [6.07, 6.45) is 0. The lowest BCUT2D eigenvalue weighted by Crippen LogP contribution is -2.08. The minimum Gasteiger partial charge on any atom is -0.298 e. The summed E-state index contributed by atoms with van der Waals surface area (Å²) in [6, 6.07) is 24.6. The lowest BCUT2D eigenvalue weighted by Gasteiger charge is -2.18. The first-order valence-corrected chi connectivity index (χ1v) is 10.3. The number of rotatable bonds is 8. The molecule has 0 radical (unpaired) electrons. The fourth-order valence-corrected chi connectivity index (χ4v) is 3.91. The van der Waals surface area contributed by atoms with Crippen molar-refractivity contribution >= 4 is 24.7 Å². The Morgan fingerprint density at radius 3 is 1.63 bits per heavy atom. The molecule has 0 spiro atoms. The average Bonchev–Trinajstić information content (AvgIpc) is 2.72. The summed E-state index contributed by atoms with van der Waals surface area (Å²) in [5, 5.41) is 0.483. The predicted octanol–water partition coefficient (Wildman–Crippen LogP) is 6.11. The van der Waals surface area contributed by atoms with Crippen LogP contribution in [0.25, 0.3) is 0 Å². The zero-order valence-corrected chi connectivity index (χ0v) is 16.1. The van der Waals surface area contributed by atoms with Gasteiger partial charge >= 0.3 is 7.60 Å². The Hall–Kier alpha value is -2.23. The SMILES string of the molecule is O=C(c1ccc(Cl)cc1)P(=O)(OCc1ccccc1)OCc1ccccc1. The standard InChI is InChI=1S/C21H18ClO4P/c22-20-13-11-19(12-14-20)21(23)27(24,25-15-17-7-3-1-4-8-17)26-16-18-9-5-2-6-10-18/h1-14H,15-16H2. The summed E-state index contributed by atoms with van der Waals surface area (Å²) in [6.45, 7) is 0.0124. The van der Waals surface area contributed by atoms with Crippen molar-refractivity contribution in [2.75, 3.05) is 0 Å². The maximum atomic E-state index is 13.3. The highest BCUT2D eigenvalue weighted by Crippen LogP contribution is 2.52. The third-order valence-electron chi connectivity index (χ3n) is 3.83. The van der Waals surface area contributed by atoms with Gasteiger partial charge in [-0.2, -0.15) is 0 Å². The molecule has 0 saturated heterocycles. The Bertz CT molecular complexity index is 880. The van der Waals surface area contributed by atoms with Crippen molar-refractivity contribution in [3.8, 4) is 0 Å². The molecule has 3 aromatic rings. The molecule has 138 valence electrons. The fraction of sp³-hybridized carbons (Fsp3) is 0.0952. The molecule has 3 aromatic carbocycles. The van der Waals surface area contributed by atoms with Crippen molar-refractivity contribution in [1.29, 1.82) is 0 Å². The van der Waals surface area contributed by atoms with E-state index in [9.17, 15) is 9.36 Å². The molecule has 0 unspecified atom stereocenters. The van der Waals surface area contributed by atoms with Crippen LogP contribution in [0.4, 0.5) is 0 Å². The topological polar surface area (TPSA) is 52.6 Å². The average molecular weight is 401 g/mol. The molecule has 0 aliphatic carbocycles. The number of benzene rings is 3. The Labute approximate surface area is 163 Å². The Morgan fingerprint density at radius 1 is 0.741 bits per heavy atom. The van der Waals surface area contributed by atoms with Gasteiger partial charge in [0.1, 0.15) is 0 Å². The molecule has 0 aliphatic rings. The van der Waals surface area contributed by atoms with E-state index in [0.717, 1.165) is 11.1 Å². The summed E-state index contributed by atoms with van der Waals surface area (Å²) >= 11 is 5.87. The summed E-state index contributed by atoms with van der Waals surface area (Å²) < 4.78 is 24.4. The number of halogens is 1. The van der Waals surface area contributed by atoms with E-state index in [0.29, 0.717) is 5.02 Å². The van der Waals surface area contributed by atoms with Crippen molar-refractivity contribution < 1.29 is 18.4 Å². The molecule has 3 rings (SSSR count). The van der Waals surface area contributed by atoms with Crippen LogP contribution in [0.5, 0.6) is 0 Å². The van der Waals surface area contributed by atoms with E-state index in [-0.39, 0.29) is 18.8 Å². The molecule has 0 saturated carbocycles. The molecule has 0 heterocycles. The monoisotopic (exact) mass is 400 g/mol. The van der Waals surface area contributed by atoms with Gasteiger partial charge in [-0.1, -0.05) is 72.3 Å². The molecule has 0 atom stereocenters. The van der Waals surface area contributed by atoms with Gasteiger partial charge in [-0.05, 0) is 35.4 Å². The highest BCUT2D eigenvalue weighted by Gasteiger charge is 2.36. The van der Waals surface area contributed by atoms with Crippen LogP contribution in [0.3, 0.4) is 0 Å². The number of hydrogen-bond acceptors (Lipinski definition) is 4. The number of carbonyl (C=O) groups excluding carboxylic acids is 1. The van der Waals surface area contributed by atoms with Crippen LogP contribution >= 0.6 is 19.2 Å². The Kier molecular flexibility index (Phi) is 6.59. The maximum absolute atomic E-state index is 13.3. The molecule has 0 bridgehead atoms. The molecule has 0 aliphatic heterocycles. The quantitative estimate of drug-likeness (QED) is 0.428. The van der Waals surface area contributed by atoms with Gasteiger partial charge in [0.25, 0.3) is 5.52 Å². The van der Waals surface area contributed by atoms with E-state index in [1.165, 1.54) is 12.1 Å². The summed E-state index contributed by atoms with van der Waals surface area (Å²) in [5.41, 5.74) is 1.13. The lowest BCUT2D eigenvalue weighted by molar-refractivity contribution is 0.0983. The second-order valence-electron chi connectivity index (χ2n) is 5.83. The largest absolute Gasteiger partial charge is 0.402 e. The summed E-state index contributed by atoms with van der Waals surface area (Å²) in [5.74, 6) is 0. The van der Waals surface area contributed by atoms with E-state index >= 15 is 0 Å². The van der Waals surface area contributed by atoms with Crippen molar-refractivity contribution in [2.45, 2.75) is 13.2 Å². The van der Waals surface area contributed by atoms with Crippen LogP contribution < -0.4 is 0 Å². The first-order valence-electron chi connectivity index (χ1n) is 8.34. The minimum absolute atomic E-state index is 0.00619. The lowest BCUT2D eigenvalue weighted by atomic mass is 10.2. The first-order chi connectivity index (χ1) is 13.1. The Balaban J connectivity index is 1.81. The van der Waals surface area contributed by atoms with Gasteiger partial charge in [0, 0.05) is 10.6 Å². The number of hydrogen-bond donors (Lipinski definition) is 0. The maximum Gasteiger partial charge on any atom is 0.402 e. The third kappa shape index (κ3) is 5.38. The second-order valence-corrected chi connectivity index (χ2v) is 8.18. The van der Waals surface area contributed by atoms with Gasteiger partial charge in [0.2, 0.25) is 0 Å². The van der Waals surface area contributed by atoms with E-state index < -0.39 is 13.1 Å². The number of carbonyl (C=O) groups is 1. The molecule has 6 heteroatoms. The fourth-order valence-electron chi connectivity index (χ4n) is 2.37. The molecular weight excluding hydrogens is 383 g/mol. The van der Waals surface area contributed by atoms with Crippen LogP contribution in [-0.4, -0.2) is 5.52 Å². The zero-order chi connectivity index (χ0) is 19.1. The highest BCUT2D eigenvalue weighted by atomic mass is 35.5. The summed E-state index contributed by atoms with van der Waals surface area (Å²) in [7, 11) is -4.06. The van der Waals surface area contributed by atoms with E-state index in [1.807, 2.05) is 60.7 Å². The van der Waals surface area contributed by atoms with Gasteiger partial charge in [0.05, 0.1) is 13.2 Å². The Morgan fingerprint density at radius 2 is 1.19 bits per heavy atom. The van der Waals surface area contributed by atoms with Crippen molar-refractivity contribution in [2.24, 2.45) is 0 Å². The second kappa shape index (κ2) is 9.12. The molecular formula is C21H18ClO4P. The molecule has 0 N–H and O–H groups in total. The minimum atomic E-state index is -4.06. The van der Waals surface area contributed by atoms with Crippen LogP contribution in [0, 0.1) is 0 Å². The normalized spacial score (nSPS) is 11.3. The van der Waals surface area contributed by atoms with Crippen LogP contribution in [0.1, 0.15) is 21.5 Å². The van der Waals surface area contributed by atoms with Gasteiger partial charge in [-0.3, -0.25) is 18.4 Å². The van der Waals surface area contributed by atoms with Crippen LogP contribution in [0.2, 0.25) is 5.02 Å². The van der Waals surface area contributed by atoms with E-state index in [1.54, 1.807) is 12.1 Å². The van der Waals surface area contributed by atoms with E-state index in [4.69, 9.17) is 20.6 Å². The van der Waals surface area contributed by atoms with Gasteiger partial charge in [0.15, 0.2) is 0 Å². The molecule has 27 heavy (non-hydrogen) atoms. The smallest absolute Gasteiger partial charge is 0.298 e. The molecule has 4 nitrogen and oxygen atoms in total. The van der Waals surface area contributed by atoms with E-state index in [2.05, 4.69) is 0 Å². The van der Waals surface area contributed by atoms with Crippen LogP contribution in [-0.2, 0) is 26.8 Å².